The van der Waals surface area contributed by atoms with Crippen molar-refractivity contribution in [1.82, 2.24) is 0 Å². The standard InChI is InChI=1S/C20H22O10/c21-8-15-16(24)17(25)18(26)20(30-15)29-14-6-1-10(7-13(14)23)9-28-19(27)11-2-4-12(22)5-3-11/h1-7,15-18,20-26H,8-9H2/t15-,16-,17+,18-,20-/m1/s1. The number of aromatic hydroxyl groups is 2. The van der Waals surface area contributed by atoms with E-state index in [-0.39, 0.29) is 29.4 Å². The van der Waals surface area contributed by atoms with Crippen LogP contribution in [-0.2, 0) is 16.1 Å². The summed E-state index contributed by atoms with van der Waals surface area (Å²) in [5, 5.41) is 58.2. The molecule has 2 aromatic rings. The van der Waals surface area contributed by atoms with Crippen LogP contribution >= 0.6 is 0 Å². The lowest BCUT2D eigenvalue weighted by Crippen LogP contribution is -2.60. The molecule has 5 atom stereocenters. The highest BCUT2D eigenvalue weighted by molar-refractivity contribution is 5.89. The Bertz CT molecular complexity index is 866. The summed E-state index contributed by atoms with van der Waals surface area (Å²) < 4.78 is 15.7. The molecule has 1 aliphatic rings. The highest BCUT2D eigenvalue weighted by atomic mass is 16.7. The largest absolute Gasteiger partial charge is 0.508 e. The van der Waals surface area contributed by atoms with Gasteiger partial charge in [-0.1, -0.05) is 6.07 Å². The maximum atomic E-state index is 12.0. The molecule has 10 heteroatoms. The highest BCUT2D eigenvalue weighted by Gasteiger charge is 2.44. The van der Waals surface area contributed by atoms with E-state index in [4.69, 9.17) is 14.2 Å². The van der Waals surface area contributed by atoms with Crippen LogP contribution in [0.1, 0.15) is 15.9 Å². The predicted molar refractivity (Wildman–Crippen MR) is 99.7 cm³/mol. The normalized spacial score (nSPS) is 26.2. The Balaban J connectivity index is 1.62. The van der Waals surface area contributed by atoms with Crippen LogP contribution in [0.15, 0.2) is 42.5 Å². The maximum absolute atomic E-state index is 12.0. The van der Waals surface area contributed by atoms with Crippen molar-refractivity contribution in [3.8, 4) is 17.2 Å². The zero-order valence-corrected chi connectivity index (χ0v) is 15.7. The zero-order chi connectivity index (χ0) is 21.8. The molecule has 0 saturated carbocycles. The van der Waals surface area contributed by atoms with Gasteiger partial charge in [0.2, 0.25) is 6.29 Å². The molecule has 1 aliphatic heterocycles. The Morgan fingerprint density at radius 1 is 0.967 bits per heavy atom. The summed E-state index contributed by atoms with van der Waals surface area (Å²) in [7, 11) is 0. The molecular formula is C20H22O10. The van der Waals surface area contributed by atoms with Crippen LogP contribution in [0.25, 0.3) is 0 Å². The summed E-state index contributed by atoms with van der Waals surface area (Å²) in [6.07, 6.45) is -7.34. The number of aliphatic hydroxyl groups is 4. The van der Waals surface area contributed by atoms with Crippen molar-refractivity contribution >= 4 is 5.97 Å². The average Bonchev–Trinajstić information content (AvgIpc) is 2.74. The molecule has 162 valence electrons. The van der Waals surface area contributed by atoms with Gasteiger partial charge in [-0.2, -0.15) is 0 Å². The maximum Gasteiger partial charge on any atom is 0.338 e. The molecule has 1 saturated heterocycles. The summed E-state index contributed by atoms with van der Waals surface area (Å²) in [5.74, 6) is -1.03. The third-order valence-electron chi connectivity index (χ3n) is 4.59. The first-order valence-corrected chi connectivity index (χ1v) is 9.05. The lowest BCUT2D eigenvalue weighted by atomic mass is 9.99. The Kier molecular flexibility index (Phi) is 6.75. The Labute approximate surface area is 171 Å². The summed E-state index contributed by atoms with van der Waals surface area (Å²) in [6.45, 7) is -0.754. The van der Waals surface area contributed by atoms with Gasteiger partial charge in [0.15, 0.2) is 11.5 Å². The molecule has 2 aromatic carbocycles. The van der Waals surface area contributed by atoms with Crippen molar-refractivity contribution in [2.24, 2.45) is 0 Å². The number of carbonyl (C=O) groups is 1. The molecular weight excluding hydrogens is 400 g/mol. The van der Waals surface area contributed by atoms with Crippen LogP contribution in [0.4, 0.5) is 0 Å². The molecule has 6 N–H and O–H groups in total. The van der Waals surface area contributed by atoms with Gasteiger partial charge in [-0.05, 0) is 42.0 Å². The number of benzene rings is 2. The van der Waals surface area contributed by atoms with E-state index in [1.807, 2.05) is 0 Å². The average molecular weight is 422 g/mol. The lowest BCUT2D eigenvalue weighted by molar-refractivity contribution is -0.277. The van der Waals surface area contributed by atoms with Crippen LogP contribution < -0.4 is 4.74 Å². The first kappa shape index (κ1) is 21.8. The Morgan fingerprint density at radius 3 is 2.30 bits per heavy atom. The van der Waals surface area contributed by atoms with Crippen molar-refractivity contribution in [2.75, 3.05) is 6.61 Å². The second kappa shape index (κ2) is 9.28. The van der Waals surface area contributed by atoms with Gasteiger partial charge < -0.3 is 44.8 Å². The second-order valence-corrected chi connectivity index (χ2v) is 6.74. The molecule has 0 bridgehead atoms. The number of hydrogen-bond donors (Lipinski definition) is 6. The van der Waals surface area contributed by atoms with Crippen LogP contribution in [0.5, 0.6) is 17.2 Å². The number of rotatable bonds is 6. The van der Waals surface area contributed by atoms with Crippen LogP contribution in [-0.4, -0.2) is 73.9 Å². The monoisotopic (exact) mass is 422 g/mol. The minimum Gasteiger partial charge on any atom is -0.508 e. The van der Waals surface area contributed by atoms with Gasteiger partial charge in [-0.3, -0.25) is 0 Å². The predicted octanol–water partition coefficient (Wildman–Crippen LogP) is -0.367. The van der Waals surface area contributed by atoms with Crippen molar-refractivity contribution in [3.63, 3.8) is 0 Å². The number of hydrogen-bond acceptors (Lipinski definition) is 10. The van der Waals surface area contributed by atoms with Crippen LogP contribution in [0.2, 0.25) is 0 Å². The van der Waals surface area contributed by atoms with E-state index in [0.717, 1.165) is 0 Å². The SMILES string of the molecule is O=C(OCc1ccc(O[C@@H]2O[C@H](CO)[C@@H](O)[C@H](O)[C@H]2O)c(O)c1)c1ccc(O)cc1. The van der Waals surface area contributed by atoms with Gasteiger partial charge in [0.05, 0.1) is 12.2 Å². The number of phenols is 2. The van der Waals surface area contributed by atoms with Crippen molar-refractivity contribution in [1.29, 1.82) is 0 Å². The molecule has 1 fully saturated rings. The zero-order valence-electron chi connectivity index (χ0n) is 15.7. The van der Waals surface area contributed by atoms with Crippen LogP contribution in [0.3, 0.4) is 0 Å². The Morgan fingerprint density at radius 2 is 1.67 bits per heavy atom. The topological polar surface area (TPSA) is 166 Å². The van der Waals surface area contributed by atoms with Crippen LogP contribution in [0, 0.1) is 0 Å². The minimum atomic E-state index is -1.62. The fraction of sp³-hybridized carbons (Fsp3) is 0.350. The van der Waals surface area contributed by atoms with Gasteiger partial charge in [0, 0.05) is 0 Å². The van der Waals surface area contributed by atoms with E-state index >= 15 is 0 Å². The van der Waals surface area contributed by atoms with Gasteiger partial charge in [-0.25, -0.2) is 4.79 Å². The Hall–Kier alpha value is -2.89. The molecule has 1 heterocycles. The number of ether oxygens (including phenoxy) is 3. The first-order valence-electron chi connectivity index (χ1n) is 9.05. The molecule has 30 heavy (non-hydrogen) atoms. The van der Waals surface area contributed by atoms with Crippen molar-refractivity contribution < 1.29 is 49.6 Å². The van der Waals surface area contributed by atoms with Crippen molar-refractivity contribution in [2.45, 2.75) is 37.3 Å². The molecule has 0 spiro atoms. The first-order chi connectivity index (χ1) is 14.3. The van der Waals surface area contributed by atoms with E-state index in [9.17, 15) is 35.4 Å². The molecule has 0 unspecified atom stereocenters. The molecule has 0 amide bonds. The molecule has 0 aromatic heterocycles. The minimum absolute atomic E-state index is 0.0199. The fourth-order valence-electron chi connectivity index (χ4n) is 2.87. The van der Waals surface area contributed by atoms with E-state index < -0.39 is 43.3 Å². The third-order valence-corrected chi connectivity index (χ3v) is 4.59. The summed E-state index contributed by atoms with van der Waals surface area (Å²) in [5.41, 5.74) is 0.695. The quantitative estimate of drug-likeness (QED) is 0.338. The number of esters is 1. The summed E-state index contributed by atoms with van der Waals surface area (Å²) in [4.78, 5) is 12.0. The lowest BCUT2D eigenvalue weighted by Gasteiger charge is -2.39. The van der Waals surface area contributed by atoms with E-state index in [1.165, 1.54) is 42.5 Å². The number of phenolic OH excluding ortho intramolecular Hbond substituents is 2. The van der Waals surface area contributed by atoms with E-state index in [0.29, 0.717) is 5.56 Å². The molecule has 0 radical (unpaired) electrons. The number of aliphatic hydroxyl groups excluding tert-OH is 4. The van der Waals surface area contributed by atoms with Crippen molar-refractivity contribution in [3.05, 3.63) is 53.6 Å². The third kappa shape index (κ3) is 4.81. The second-order valence-electron chi connectivity index (χ2n) is 6.74. The van der Waals surface area contributed by atoms with Gasteiger partial charge >= 0.3 is 5.97 Å². The van der Waals surface area contributed by atoms with E-state index in [1.54, 1.807) is 0 Å². The van der Waals surface area contributed by atoms with Gasteiger partial charge in [0.25, 0.3) is 0 Å². The molecule has 10 nitrogen and oxygen atoms in total. The van der Waals surface area contributed by atoms with Gasteiger partial charge in [0.1, 0.15) is 36.8 Å². The number of carbonyl (C=O) groups excluding carboxylic acids is 1. The van der Waals surface area contributed by atoms with E-state index in [2.05, 4.69) is 0 Å². The summed E-state index contributed by atoms with van der Waals surface area (Å²) in [6, 6.07) is 9.66. The highest BCUT2D eigenvalue weighted by Crippen LogP contribution is 2.31. The summed E-state index contributed by atoms with van der Waals surface area (Å²) >= 11 is 0. The fourth-order valence-corrected chi connectivity index (χ4v) is 2.87. The van der Waals surface area contributed by atoms with Gasteiger partial charge in [-0.15, -0.1) is 0 Å². The molecule has 0 aliphatic carbocycles. The smallest absolute Gasteiger partial charge is 0.338 e. The molecule has 3 rings (SSSR count).